The third-order valence-electron chi connectivity index (χ3n) is 1.88. The number of phenolic OH excluding ortho intramolecular Hbond substituents is 1. The van der Waals surface area contributed by atoms with Crippen LogP contribution in [-0.4, -0.2) is 18.1 Å². The molecule has 0 heterocycles. The van der Waals surface area contributed by atoms with Gasteiger partial charge in [-0.15, -0.1) is 0 Å². The number of nitrogens with zero attached hydrogens (tertiary/aromatic N) is 1. The van der Waals surface area contributed by atoms with E-state index in [0.29, 0.717) is 0 Å². The van der Waals surface area contributed by atoms with Crippen molar-refractivity contribution in [1.82, 2.24) is 0 Å². The highest BCUT2D eigenvalue weighted by Crippen LogP contribution is 2.17. The number of benzene rings is 1. The monoisotopic (exact) mass is 191 g/mol. The number of hydrogen-bond donors (Lipinski definition) is 1. The number of carbonyl (C=O) groups is 1. The van der Waals surface area contributed by atoms with Crippen LogP contribution in [0.2, 0.25) is 0 Å². The number of phenols is 1. The average Bonchev–Trinajstić information content (AvgIpc) is 2.18. The number of carbonyl (C=O) groups excluding carboxylic acids is 1. The highest BCUT2D eigenvalue weighted by atomic mass is 16.3. The Labute approximate surface area is 83.3 Å². The van der Waals surface area contributed by atoms with Crippen molar-refractivity contribution >= 4 is 11.6 Å². The van der Waals surface area contributed by atoms with Crippen LogP contribution in [0.5, 0.6) is 5.75 Å². The molecule has 1 aromatic rings. The summed E-state index contributed by atoms with van der Waals surface area (Å²) in [5.41, 5.74) is 0.755. The Kier molecular flexibility index (Phi) is 3.29. The summed E-state index contributed by atoms with van der Waals surface area (Å²) in [5, 5.41) is 9.06. The molecule has 0 saturated heterocycles. The predicted molar refractivity (Wildman–Crippen MR) is 56.3 cm³/mol. The summed E-state index contributed by atoms with van der Waals surface area (Å²) in [6, 6.07) is 6.48. The van der Waals surface area contributed by atoms with Gasteiger partial charge in [-0.2, -0.15) is 0 Å². The second-order valence-corrected chi connectivity index (χ2v) is 2.91. The van der Waals surface area contributed by atoms with Gasteiger partial charge in [0.05, 0.1) is 0 Å². The molecule has 74 valence electrons. The molecule has 0 fully saturated rings. The van der Waals surface area contributed by atoms with Gasteiger partial charge >= 0.3 is 0 Å². The molecule has 14 heavy (non-hydrogen) atoms. The van der Waals surface area contributed by atoms with E-state index in [4.69, 9.17) is 5.11 Å². The van der Waals surface area contributed by atoms with Gasteiger partial charge in [0.25, 0.3) is 0 Å². The number of rotatable bonds is 2. The number of anilines is 1. The minimum Gasteiger partial charge on any atom is -0.508 e. The summed E-state index contributed by atoms with van der Waals surface area (Å²) in [4.78, 5) is 12.9. The number of hydrogen-bond acceptors (Lipinski definition) is 2. The molecule has 0 radical (unpaired) electrons. The largest absolute Gasteiger partial charge is 0.508 e. The van der Waals surface area contributed by atoms with Crippen LogP contribution in [0.25, 0.3) is 0 Å². The average molecular weight is 191 g/mol. The molecule has 0 aromatic heterocycles. The molecule has 1 amide bonds. The summed E-state index contributed by atoms with van der Waals surface area (Å²) in [6.45, 7) is 1.79. The fraction of sp³-hybridized carbons (Fsp3) is 0.182. The zero-order valence-electron chi connectivity index (χ0n) is 8.27. The van der Waals surface area contributed by atoms with Gasteiger partial charge in [-0.1, -0.05) is 6.08 Å². The van der Waals surface area contributed by atoms with Gasteiger partial charge in [-0.25, -0.2) is 0 Å². The molecule has 0 spiro atoms. The fourth-order valence-electron chi connectivity index (χ4n) is 1.06. The highest BCUT2D eigenvalue weighted by molar-refractivity contribution is 6.00. The summed E-state index contributed by atoms with van der Waals surface area (Å²) in [7, 11) is 1.69. The van der Waals surface area contributed by atoms with Crippen molar-refractivity contribution in [1.29, 1.82) is 0 Å². The van der Waals surface area contributed by atoms with Crippen LogP contribution >= 0.6 is 0 Å². The van der Waals surface area contributed by atoms with Crippen molar-refractivity contribution < 1.29 is 9.90 Å². The molecule has 3 nitrogen and oxygen atoms in total. The maximum Gasteiger partial charge on any atom is 0.250 e. The molecule has 3 heteroatoms. The Morgan fingerprint density at radius 2 is 1.93 bits per heavy atom. The first-order valence-electron chi connectivity index (χ1n) is 4.34. The maximum atomic E-state index is 11.4. The van der Waals surface area contributed by atoms with Gasteiger partial charge in [0.2, 0.25) is 5.91 Å². The topological polar surface area (TPSA) is 40.5 Å². The molecule has 0 atom stereocenters. The first kappa shape index (κ1) is 10.3. The molecule has 1 rings (SSSR count). The Morgan fingerprint density at radius 3 is 2.43 bits per heavy atom. The Balaban J connectivity index is 2.84. The SMILES string of the molecule is C/C=C/C(=O)N(C)c1ccc(O)cc1. The van der Waals surface area contributed by atoms with Gasteiger partial charge in [-0.3, -0.25) is 4.79 Å². The highest BCUT2D eigenvalue weighted by Gasteiger charge is 2.06. The van der Waals surface area contributed by atoms with E-state index in [2.05, 4.69) is 0 Å². The van der Waals surface area contributed by atoms with E-state index in [1.165, 1.54) is 11.0 Å². The van der Waals surface area contributed by atoms with Crippen molar-refractivity contribution in [3.63, 3.8) is 0 Å². The maximum absolute atomic E-state index is 11.4. The summed E-state index contributed by atoms with van der Waals surface area (Å²) < 4.78 is 0. The summed E-state index contributed by atoms with van der Waals surface area (Å²) >= 11 is 0. The Bertz CT molecular complexity index is 341. The summed E-state index contributed by atoms with van der Waals surface area (Å²) in [5.74, 6) is 0.110. The Hall–Kier alpha value is -1.77. The van der Waals surface area contributed by atoms with E-state index < -0.39 is 0 Å². The Morgan fingerprint density at radius 1 is 1.36 bits per heavy atom. The number of likely N-dealkylation sites (N-methyl/N-ethyl adjacent to an activating group) is 1. The standard InChI is InChI=1S/C11H13NO2/c1-3-4-11(14)12(2)9-5-7-10(13)8-6-9/h3-8,13H,1-2H3/b4-3+. The van der Waals surface area contributed by atoms with E-state index in [1.54, 1.807) is 44.3 Å². The predicted octanol–water partition coefficient (Wildman–Crippen LogP) is 1.93. The molecular weight excluding hydrogens is 178 g/mol. The van der Waals surface area contributed by atoms with Crippen LogP contribution in [0.15, 0.2) is 36.4 Å². The third-order valence-corrected chi connectivity index (χ3v) is 1.88. The number of aromatic hydroxyl groups is 1. The molecule has 0 aliphatic rings. The molecule has 1 N–H and O–H groups in total. The zero-order chi connectivity index (χ0) is 10.6. The van der Waals surface area contributed by atoms with E-state index in [-0.39, 0.29) is 11.7 Å². The van der Waals surface area contributed by atoms with Crippen LogP contribution in [0.3, 0.4) is 0 Å². The number of amides is 1. The molecule has 0 saturated carbocycles. The van der Waals surface area contributed by atoms with Crippen LogP contribution in [-0.2, 0) is 4.79 Å². The van der Waals surface area contributed by atoms with Crippen LogP contribution in [0, 0.1) is 0 Å². The van der Waals surface area contributed by atoms with Crippen molar-refractivity contribution in [2.24, 2.45) is 0 Å². The van der Waals surface area contributed by atoms with Crippen LogP contribution in [0.4, 0.5) is 5.69 Å². The fourth-order valence-corrected chi connectivity index (χ4v) is 1.06. The first-order chi connectivity index (χ1) is 6.65. The summed E-state index contributed by atoms with van der Waals surface area (Å²) in [6.07, 6.45) is 3.19. The molecule has 0 aliphatic carbocycles. The van der Waals surface area contributed by atoms with E-state index in [9.17, 15) is 4.79 Å². The normalized spacial score (nSPS) is 10.4. The van der Waals surface area contributed by atoms with Crippen LogP contribution < -0.4 is 4.90 Å². The van der Waals surface area contributed by atoms with E-state index >= 15 is 0 Å². The minimum atomic E-state index is -0.0850. The van der Waals surface area contributed by atoms with E-state index in [1.807, 2.05) is 0 Å². The van der Waals surface area contributed by atoms with Crippen LogP contribution in [0.1, 0.15) is 6.92 Å². The smallest absolute Gasteiger partial charge is 0.250 e. The quantitative estimate of drug-likeness (QED) is 0.725. The molecular formula is C11H13NO2. The second kappa shape index (κ2) is 4.46. The van der Waals surface area contributed by atoms with Crippen molar-refractivity contribution in [2.45, 2.75) is 6.92 Å². The lowest BCUT2D eigenvalue weighted by Gasteiger charge is -2.14. The third kappa shape index (κ3) is 2.36. The van der Waals surface area contributed by atoms with Gasteiger partial charge in [0.15, 0.2) is 0 Å². The first-order valence-corrected chi connectivity index (χ1v) is 4.34. The molecule has 0 unspecified atom stereocenters. The lowest BCUT2D eigenvalue weighted by molar-refractivity contribution is -0.113. The molecule has 0 aliphatic heterocycles. The van der Waals surface area contributed by atoms with E-state index in [0.717, 1.165) is 5.69 Å². The molecule has 1 aromatic carbocycles. The molecule has 0 bridgehead atoms. The lowest BCUT2D eigenvalue weighted by Crippen LogP contribution is -2.23. The minimum absolute atomic E-state index is 0.0850. The van der Waals surface area contributed by atoms with Gasteiger partial charge in [0, 0.05) is 12.7 Å². The zero-order valence-corrected chi connectivity index (χ0v) is 8.27. The second-order valence-electron chi connectivity index (χ2n) is 2.91. The van der Waals surface area contributed by atoms with Crippen molar-refractivity contribution in [2.75, 3.05) is 11.9 Å². The van der Waals surface area contributed by atoms with Gasteiger partial charge in [0.1, 0.15) is 5.75 Å². The van der Waals surface area contributed by atoms with Gasteiger partial charge in [-0.05, 0) is 37.3 Å². The van der Waals surface area contributed by atoms with Crippen molar-refractivity contribution in [3.8, 4) is 5.75 Å². The number of allylic oxidation sites excluding steroid dienone is 1. The lowest BCUT2D eigenvalue weighted by atomic mass is 10.3. The van der Waals surface area contributed by atoms with Gasteiger partial charge < -0.3 is 10.0 Å². The van der Waals surface area contributed by atoms with Crippen molar-refractivity contribution in [3.05, 3.63) is 36.4 Å².